The van der Waals surface area contributed by atoms with Gasteiger partial charge in [-0.1, -0.05) is 19.9 Å². The first kappa shape index (κ1) is 10.1. The van der Waals surface area contributed by atoms with E-state index in [0.29, 0.717) is 12.5 Å². The SMILES string of the molecule is CC(C)c1nc2ccc(CCN)cn2n1. The average molecular weight is 204 g/mol. The molecule has 0 fully saturated rings. The number of aromatic nitrogens is 3. The zero-order valence-electron chi connectivity index (χ0n) is 9.14. The maximum absolute atomic E-state index is 5.51. The van der Waals surface area contributed by atoms with Crippen LogP contribution < -0.4 is 5.73 Å². The third kappa shape index (κ3) is 1.99. The maximum atomic E-state index is 5.51. The lowest BCUT2D eigenvalue weighted by Gasteiger charge is -1.97. The molecule has 2 heterocycles. The van der Waals surface area contributed by atoms with E-state index in [1.807, 2.05) is 16.8 Å². The number of hydrogen-bond acceptors (Lipinski definition) is 3. The van der Waals surface area contributed by atoms with Crippen molar-refractivity contribution in [3.63, 3.8) is 0 Å². The van der Waals surface area contributed by atoms with Gasteiger partial charge in [-0.05, 0) is 24.6 Å². The maximum Gasteiger partial charge on any atom is 0.155 e. The highest BCUT2D eigenvalue weighted by atomic mass is 15.3. The summed E-state index contributed by atoms with van der Waals surface area (Å²) in [7, 11) is 0. The van der Waals surface area contributed by atoms with Crippen LogP contribution in [0.3, 0.4) is 0 Å². The number of rotatable bonds is 3. The Balaban J connectivity index is 2.43. The van der Waals surface area contributed by atoms with Crippen molar-refractivity contribution in [2.24, 2.45) is 5.73 Å². The second-order valence-corrected chi connectivity index (χ2v) is 4.00. The van der Waals surface area contributed by atoms with Gasteiger partial charge in [0.2, 0.25) is 0 Å². The number of pyridine rings is 1. The minimum absolute atomic E-state index is 0.364. The van der Waals surface area contributed by atoms with Crippen LogP contribution in [0.15, 0.2) is 18.3 Å². The van der Waals surface area contributed by atoms with Crippen molar-refractivity contribution in [2.45, 2.75) is 26.2 Å². The van der Waals surface area contributed by atoms with E-state index in [9.17, 15) is 0 Å². The molecule has 2 aromatic rings. The molecule has 0 unspecified atom stereocenters. The highest BCUT2D eigenvalue weighted by Gasteiger charge is 2.07. The summed E-state index contributed by atoms with van der Waals surface area (Å²) < 4.78 is 1.83. The molecule has 0 aromatic carbocycles. The molecule has 0 atom stereocenters. The molecule has 0 saturated heterocycles. The van der Waals surface area contributed by atoms with Crippen LogP contribution in [-0.4, -0.2) is 21.1 Å². The molecule has 0 spiro atoms. The van der Waals surface area contributed by atoms with E-state index in [-0.39, 0.29) is 0 Å². The molecule has 0 aliphatic heterocycles. The van der Waals surface area contributed by atoms with Gasteiger partial charge in [-0.3, -0.25) is 0 Å². The van der Waals surface area contributed by atoms with Gasteiger partial charge in [0.1, 0.15) is 0 Å². The predicted molar refractivity (Wildman–Crippen MR) is 59.8 cm³/mol. The molecule has 0 radical (unpaired) electrons. The zero-order chi connectivity index (χ0) is 10.8. The summed E-state index contributed by atoms with van der Waals surface area (Å²) in [4.78, 5) is 4.43. The molecule has 80 valence electrons. The van der Waals surface area contributed by atoms with Crippen LogP contribution >= 0.6 is 0 Å². The smallest absolute Gasteiger partial charge is 0.155 e. The van der Waals surface area contributed by atoms with E-state index < -0.39 is 0 Å². The summed E-state index contributed by atoms with van der Waals surface area (Å²) in [6.07, 6.45) is 2.88. The standard InChI is InChI=1S/C11H16N4/c1-8(2)11-13-10-4-3-9(5-6-12)7-15(10)14-11/h3-4,7-8H,5-6,12H2,1-2H3. The molecular formula is C11H16N4. The van der Waals surface area contributed by atoms with Crippen molar-refractivity contribution in [1.29, 1.82) is 0 Å². The van der Waals surface area contributed by atoms with E-state index in [1.165, 1.54) is 5.56 Å². The molecule has 0 aliphatic carbocycles. The molecule has 0 aliphatic rings. The molecule has 2 aromatic heterocycles. The highest BCUT2D eigenvalue weighted by Crippen LogP contribution is 2.11. The molecule has 0 amide bonds. The molecule has 0 bridgehead atoms. The summed E-state index contributed by atoms with van der Waals surface area (Å²) in [5, 5.41) is 4.42. The molecule has 15 heavy (non-hydrogen) atoms. The third-order valence-corrected chi connectivity index (χ3v) is 2.36. The van der Waals surface area contributed by atoms with Gasteiger partial charge in [-0.25, -0.2) is 9.50 Å². The summed E-state index contributed by atoms with van der Waals surface area (Å²) in [6, 6.07) is 4.05. The summed E-state index contributed by atoms with van der Waals surface area (Å²) in [6.45, 7) is 4.85. The van der Waals surface area contributed by atoms with Gasteiger partial charge < -0.3 is 5.73 Å². The zero-order valence-corrected chi connectivity index (χ0v) is 9.14. The lowest BCUT2D eigenvalue weighted by atomic mass is 10.2. The average Bonchev–Trinajstić information content (AvgIpc) is 2.61. The van der Waals surface area contributed by atoms with Crippen LogP contribution in [0.5, 0.6) is 0 Å². The number of fused-ring (bicyclic) bond motifs is 1. The van der Waals surface area contributed by atoms with Gasteiger partial charge in [-0.2, -0.15) is 5.10 Å². The Morgan fingerprint density at radius 1 is 1.40 bits per heavy atom. The van der Waals surface area contributed by atoms with Gasteiger partial charge in [-0.15, -0.1) is 0 Å². The van der Waals surface area contributed by atoms with Crippen LogP contribution in [0.4, 0.5) is 0 Å². The summed E-state index contributed by atoms with van der Waals surface area (Å²) >= 11 is 0. The lowest BCUT2D eigenvalue weighted by molar-refractivity contribution is 0.763. The number of nitrogens with two attached hydrogens (primary N) is 1. The van der Waals surface area contributed by atoms with Crippen LogP contribution in [0.25, 0.3) is 5.65 Å². The van der Waals surface area contributed by atoms with Crippen molar-refractivity contribution < 1.29 is 0 Å². The fourth-order valence-corrected chi connectivity index (χ4v) is 1.50. The number of nitrogens with zero attached hydrogens (tertiary/aromatic N) is 3. The fourth-order valence-electron chi connectivity index (χ4n) is 1.50. The molecule has 0 saturated carbocycles. The Kier molecular flexibility index (Phi) is 2.68. The minimum atomic E-state index is 0.364. The van der Waals surface area contributed by atoms with E-state index in [4.69, 9.17) is 5.73 Å². The normalized spacial score (nSPS) is 11.5. The third-order valence-electron chi connectivity index (χ3n) is 2.36. The Bertz CT molecular complexity index is 459. The van der Waals surface area contributed by atoms with E-state index in [0.717, 1.165) is 17.9 Å². The molecular weight excluding hydrogens is 188 g/mol. The van der Waals surface area contributed by atoms with E-state index in [1.54, 1.807) is 0 Å². The Labute approximate surface area is 89.1 Å². The molecule has 2 rings (SSSR count). The van der Waals surface area contributed by atoms with E-state index >= 15 is 0 Å². The van der Waals surface area contributed by atoms with Crippen molar-refractivity contribution in [3.05, 3.63) is 29.7 Å². The molecule has 4 nitrogen and oxygen atoms in total. The first-order chi connectivity index (χ1) is 7.20. The van der Waals surface area contributed by atoms with Crippen molar-refractivity contribution >= 4 is 5.65 Å². The Morgan fingerprint density at radius 3 is 2.87 bits per heavy atom. The highest BCUT2D eigenvalue weighted by molar-refractivity contribution is 5.39. The largest absolute Gasteiger partial charge is 0.330 e. The van der Waals surface area contributed by atoms with Crippen molar-refractivity contribution in [1.82, 2.24) is 14.6 Å². The van der Waals surface area contributed by atoms with Gasteiger partial charge in [0.05, 0.1) is 0 Å². The van der Waals surface area contributed by atoms with Crippen LogP contribution in [0.2, 0.25) is 0 Å². The topological polar surface area (TPSA) is 56.2 Å². The van der Waals surface area contributed by atoms with E-state index in [2.05, 4.69) is 30.0 Å². The summed E-state index contributed by atoms with van der Waals surface area (Å²) in [5.41, 5.74) is 7.61. The van der Waals surface area contributed by atoms with Crippen LogP contribution in [0, 0.1) is 0 Å². The first-order valence-electron chi connectivity index (χ1n) is 5.26. The van der Waals surface area contributed by atoms with Gasteiger partial charge >= 0.3 is 0 Å². The minimum Gasteiger partial charge on any atom is -0.330 e. The predicted octanol–water partition coefficient (Wildman–Crippen LogP) is 1.35. The Hall–Kier alpha value is -1.42. The summed E-state index contributed by atoms with van der Waals surface area (Å²) in [5.74, 6) is 1.25. The lowest BCUT2D eigenvalue weighted by Crippen LogP contribution is -2.03. The second-order valence-electron chi connectivity index (χ2n) is 4.00. The van der Waals surface area contributed by atoms with Crippen LogP contribution in [0.1, 0.15) is 31.2 Å². The van der Waals surface area contributed by atoms with Crippen LogP contribution in [-0.2, 0) is 6.42 Å². The number of hydrogen-bond donors (Lipinski definition) is 1. The van der Waals surface area contributed by atoms with Gasteiger partial charge in [0, 0.05) is 12.1 Å². The quantitative estimate of drug-likeness (QED) is 0.821. The van der Waals surface area contributed by atoms with Crippen molar-refractivity contribution in [3.8, 4) is 0 Å². The fraction of sp³-hybridized carbons (Fsp3) is 0.455. The monoisotopic (exact) mass is 204 g/mol. The van der Waals surface area contributed by atoms with Crippen molar-refractivity contribution in [2.75, 3.05) is 6.54 Å². The second kappa shape index (κ2) is 3.98. The molecule has 4 heteroatoms. The molecule has 2 N–H and O–H groups in total. The van der Waals surface area contributed by atoms with Gasteiger partial charge in [0.15, 0.2) is 11.5 Å². The first-order valence-corrected chi connectivity index (χ1v) is 5.26. The Morgan fingerprint density at radius 2 is 2.20 bits per heavy atom. The van der Waals surface area contributed by atoms with Gasteiger partial charge in [0.25, 0.3) is 0 Å².